The minimum Gasteiger partial charge on any atom is -0.375 e. The maximum atomic E-state index is 6.31. The van der Waals surface area contributed by atoms with Gasteiger partial charge in [0, 0.05) is 10.8 Å². The van der Waals surface area contributed by atoms with Crippen molar-refractivity contribution in [3.63, 3.8) is 0 Å². The summed E-state index contributed by atoms with van der Waals surface area (Å²) in [6, 6.07) is 0. The molecule has 2 aliphatic rings. The fraction of sp³-hybridized carbons (Fsp3) is 1.00. The van der Waals surface area contributed by atoms with Crippen LogP contribution in [0.15, 0.2) is 0 Å². The van der Waals surface area contributed by atoms with Crippen molar-refractivity contribution < 1.29 is 4.74 Å². The molecule has 0 radical (unpaired) electrons. The van der Waals surface area contributed by atoms with Gasteiger partial charge in [0.15, 0.2) is 0 Å². The van der Waals surface area contributed by atoms with Gasteiger partial charge in [-0.3, -0.25) is 0 Å². The lowest BCUT2D eigenvalue weighted by Gasteiger charge is -2.51. The Labute approximate surface area is 85.8 Å². The van der Waals surface area contributed by atoms with Gasteiger partial charge >= 0.3 is 0 Å². The molecule has 0 N–H and O–H groups in total. The van der Waals surface area contributed by atoms with Crippen LogP contribution in [0.4, 0.5) is 0 Å². The fourth-order valence-corrected chi connectivity index (χ4v) is 3.41. The van der Waals surface area contributed by atoms with Crippen LogP contribution in [-0.4, -0.2) is 17.6 Å². The van der Waals surface area contributed by atoms with E-state index in [1.807, 2.05) is 0 Å². The van der Waals surface area contributed by atoms with Crippen LogP contribution >= 0.6 is 11.6 Å². The Kier molecular flexibility index (Phi) is 2.59. The molecule has 2 heteroatoms. The smallest absolute Gasteiger partial charge is 0.0663 e. The maximum Gasteiger partial charge on any atom is 0.0663 e. The highest BCUT2D eigenvalue weighted by molar-refractivity contribution is 6.21. The van der Waals surface area contributed by atoms with Gasteiger partial charge in [0.1, 0.15) is 0 Å². The predicted octanol–water partition coefficient (Wildman–Crippen LogP) is 3.35. The molecule has 0 heterocycles. The van der Waals surface area contributed by atoms with Crippen molar-refractivity contribution in [1.29, 1.82) is 0 Å². The zero-order valence-corrected chi connectivity index (χ0v) is 9.31. The van der Waals surface area contributed by atoms with E-state index in [4.69, 9.17) is 16.3 Å². The minimum atomic E-state index is 0.353. The zero-order chi connectivity index (χ0) is 9.47. The van der Waals surface area contributed by atoms with E-state index in [9.17, 15) is 0 Å². The summed E-state index contributed by atoms with van der Waals surface area (Å²) in [6.45, 7) is 4.23. The van der Waals surface area contributed by atoms with Crippen LogP contribution in [0, 0.1) is 5.41 Å². The standard InChI is InChI=1S/C11H19ClO/c1-8(2)13-10-7-9(12)11(10)5-3-4-6-11/h8-10H,3-7H2,1-2H3. The summed E-state index contributed by atoms with van der Waals surface area (Å²) >= 11 is 6.31. The summed E-state index contributed by atoms with van der Waals surface area (Å²) in [5.41, 5.74) is 0.367. The van der Waals surface area contributed by atoms with Crippen LogP contribution in [0.5, 0.6) is 0 Å². The molecule has 0 saturated heterocycles. The Morgan fingerprint density at radius 2 is 1.92 bits per heavy atom. The topological polar surface area (TPSA) is 9.23 Å². The van der Waals surface area contributed by atoms with Crippen LogP contribution in [0.1, 0.15) is 46.0 Å². The summed E-state index contributed by atoms with van der Waals surface area (Å²) < 4.78 is 5.91. The van der Waals surface area contributed by atoms with Gasteiger partial charge in [-0.15, -0.1) is 11.6 Å². The first-order valence-corrected chi connectivity index (χ1v) is 5.88. The molecule has 0 aromatic rings. The van der Waals surface area contributed by atoms with E-state index in [2.05, 4.69) is 13.8 Å². The second kappa shape index (κ2) is 3.43. The maximum absolute atomic E-state index is 6.31. The van der Waals surface area contributed by atoms with Crippen LogP contribution in [-0.2, 0) is 4.74 Å². The van der Waals surface area contributed by atoms with Crippen molar-refractivity contribution in [2.75, 3.05) is 0 Å². The lowest BCUT2D eigenvalue weighted by molar-refractivity contribution is -0.127. The summed E-state index contributed by atoms with van der Waals surface area (Å²) in [5, 5.41) is 0.388. The Morgan fingerprint density at radius 1 is 1.31 bits per heavy atom. The van der Waals surface area contributed by atoms with Crippen LogP contribution < -0.4 is 0 Å². The average molecular weight is 203 g/mol. The first-order valence-electron chi connectivity index (χ1n) is 5.45. The van der Waals surface area contributed by atoms with Gasteiger partial charge in [-0.1, -0.05) is 12.8 Å². The molecule has 2 rings (SSSR count). The van der Waals surface area contributed by atoms with Crippen LogP contribution in [0.3, 0.4) is 0 Å². The number of rotatable bonds is 2. The van der Waals surface area contributed by atoms with Gasteiger partial charge in [-0.05, 0) is 33.1 Å². The van der Waals surface area contributed by atoms with Crippen LogP contribution in [0.2, 0.25) is 0 Å². The molecule has 1 nitrogen and oxygen atoms in total. The first kappa shape index (κ1) is 9.79. The quantitative estimate of drug-likeness (QED) is 0.624. The number of alkyl halides is 1. The highest BCUT2D eigenvalue weighted by atomic mass is 35.5. The molecule has 0 bridgehead atoms. The predicted molar refractivity (Wildman–Crippen MR) is 55.2 cm³/mol. The third-order valence-corrected chi connectivity index (χ3v) is 4.27. The molecule has 13 heavy (non-hydrogen) atoms. The Bertz CT molecular complexity index is 185. The summed E-state index contributed by atoms with van der Waals surface area (Å²) in [4.78, 5) is 0. The molecule has 2 aliphatic carbocycles. The van der Waals surface area contributed by atoms with Crippen molar-refractivity contribution >= 4 is 11.6 Å². The van der Waals surface area contributed by atoms with Gasteiger partial charge in [0.2, 0.25) is 0 Å². The number of hydrogen-bond acceptors (Lipinski definition) is 1. The largest absolute Gasteiger partial charge is 0.375 e. The molecule has 2 fully saturated rings. The van der Waals surface area contributed by atoms with Crippen molar-refractivity contribution in [3.05, 3.63) is 0 Å². The molecule has 76 valence electrons. The number of ether oxygens (including phenoxy) is 1. The highest BCUT2D eigenvalue weighted by Crippen LogP contribution is 2.57. The van der Waals surface area contributed by atoms with E-state index in [0.717, 1.165) is 6.42 Å². The van der Waals surface area contributed by atoms with E-state index in [-0.39, 0.29) is 0 Å². The lowest BCUT2D eigenvalue weighted by Crippen LogP contribution is -2.54. The van der Waals surface area contributed by atoms with E-state index in [1.54, 1.807) is 0 Å². The molecular formula is C11H19ClO. The van der Waals surface area contributed by atoms with Crippen molar-refractivity contribution in [2.24, 2.45) is 5.41 Å². The number of hydrogen-bond donors (Lipinski definition) is 0. The molecule has 0 aliphatic heterocycles. The molecule has 0 aromatic heterocycles. The molecule has 2 unspecified atom stereocenters. The number of halogens is 1. The molecule has 1 spiro atoms. The van der Waals surface area contributed by atoms with Gasteiger partial charge in [-0.2, -0.15) is 0 Å². The SMILES string of the molecule is CC(C)OC1CC(Cl)C12CCCC2. The third kappa shape index (κ3) is 1.50. The zero-order valence-electron chi connectivity index (χ0n) is 8.55. The van der Waals surface area contributed by atoms with Gasteiger partial charge in [0.05, 0.1) is 12.2 Å². The van der Waals surface area contributed by atoms with Gasteiger partial charge in [-0.25, -0.2) is 0 Å². The van der Waals surface area contributed by atoms with Crippen molar-refractivity contribution in [1.82, 2.24) is 0 Å². The van der Waals surface area contributed by atoms with Gasteiger partial charge < -0.3 is 4.74 Å². The monoisotopic (exact) mass is 202 g/mol. The third-order valence-electron chi connectivity index (χ3n) is 3.66. The lowest BCUT2D eigenvalue weighted by atomic mass is 9.64. The average Bonchev–Trinajstić information content (AvgIpc) is 2.53. The van der Waals surface area contributed by atoms with Crippen molar-refractivity contribution in [3.8, 4) is 0 Å². The molecule has 0 aromatic carbocycles. The minimum absolute atomic E-state index is 0.353. The summed E-state index contributed by atoms with van der Waals surface area (Å²) in [5.74, 6) is 0. The van der Waals surface area contributed by atoms with E-state index >= 15 is 0 Å². The summed E-state index contributed by atoms with van der Waals surface area (Å²) in [7, 11) is 0. The molecule has 2 saturated carbocycles. The van der Waals surface area contributed by atoms with E-state index in [1.165, 1.54) is 25.7 Å². The fourth-order valence-electron chi connectivity index (χ4n) is 2.89. The Balaban J connectivity index is 1.99. The van der Waals surface area contributed by atoms with Gasteiger partial charge in [0.25, 0.3) is 0 Å². The highest BCUT2D eigenvalue weighted by Gasteiger charge is 2.56. The second-order valence-corrected chi connectivity index (χ2v) is 5.34. The van der Waals surface area contributed by atoms with Crippen LogP contribution in [0.25, 0.3) is 0 Å². The van der Waals surface area contributed by atoms with E-state index in [0.29, 0.717) is 23.0 Å². The summed E-state index contributed by atoms with van der Waals surface area (Å²) in [6.07, 6.45) is 7.16. The Morgan fingerprint density at radius 3 is 2.38 bits per heavy atom. The normalized spacial score (nSPS) is 36.9. The molecule has 0 amide bonds. The molecule has 2 atom stereocenters. The van der Waals surface area contributed by atoms with Crippen molar-refractivity contribution in [2.45, 2.75) is 63.5 Å². The Hall–Kier alpha value is 0.250. The first-order chi connectivity index (χ1) is 6.15. The molecular weight excluding hydrogens is 184 g/mol. The van der Waals surface area contributed by atoms with E-state index < -0.39 is 0 Å². The second-order valence-electron chi connectivity index (χ2n) is 4.82.